The Morgan fingerprint density at radius 2 is 2.00 bits per heavy atom. The number of hydrogen-bond donors (Lipinski definition) is 3. The molecule has 2 aromatic rings. The molecule has 3 N–H and O–H groups in total. The quantitative estimate of drug-likeness (QED) is 0.745. The Morgan fingerprint density at radius 3 is 2.71 bits per heavy atom. The third-order valence-electron chi connectivity index (χ3n) is 4.18. The number of carbonyl (C=O) groups is 1. The van der Waals surface area contributed by atoms with Crippen molar-refractivity contribution in [2.45, 2.75) is 18.9 Å². The Bertz CT molecular complexity index is 645. The molecule has 0 bridgehead atoms. The standard InChI is InChI=1S/C18H22N2O3.ClH/c21-16-12-19-10-14(16)11-20-18(22)9-7-15-6-8-17(23-15)13-4-2-1-3-5-13;/h1-6,8,14,16,19,21H,7,9-12H2,(H,20,22);1H. The molecule has 2 heterocycles. The predicted octanol–water partition coefficient (Wildman–Crippen LogP) is 2.00. The minimum absolute atomic E-state index is 0. The van der Waals surface area contributed by atoms with E-state index in [1.165, 1.54) is 0 Å². The third kappa shape index (κ3) is 4.84. The zero-order valence-electron chi connectivity index (χ0n) is 13.4. The van der Waals surface area contributed by atoms with Gasteiger partial charge in [0.15, 0.2) is 0 Å². The normalized spacial score (nSPS) is 19.7. The number of halogens is 1. The molecule has 2 unspecified atom stereocenters. The Labute approximate surface area is 147 Å². The van der Waals surface area contributed by atoms with Crippen molar-refractivity contribution in [1.82, 2.24) is 10.6 Å². The topological polar surface area (TPSA) is 74.5 Å². The molecule has 2 atom stereocenters. The first kappa shape index (κ1) is 18.5. The second-order valence-corrected chi connectivity index (χ2v) is 5.92. The van der Waals surface area contributed by atoms with Gasteiger partial charge in [-0.05, 0) is 12.1 Å². The summed E-state index contributed by atoms with van der Waals surface area (Å²) in [5.74, 6) is 1.72. The first-order chi connectivity index (χ1) is 11.2. The van der Waals surface area contributed by atoms with E-state index in [0.717, 1.165) is 23.6 Å². The molecule has 1 aliphatic rings. The van der Waals surface area contributed by atoms with Gasteiger partial charge in [-0.1, -0.05) is 30.3 Å². The van der Waals surface area contributed by atoms with Crippen molar-refractivity contribution >= 4 is 18.3 Å². The number of hydrogen-bond acceptors (Lipinski definition) is 4. The second kappa shape index (κ2) is 8.87. The molecule has 1 aliphatic heterocycles. The van der Waals surface area contributed by atoms with Crippen LogP contribution < -0.4 is 10.6 Å². The average Bonchev–Trinajstić information content (AvgIpc) is 3.21. The summed E-state index contributed by atoms with van der Waals surface area (Å²) in [7, 11) is 0. The molecule has 0 radical (unpaired) electrons. The number of aliphatic hydroxyl groups excluding tert-OH is 1. The molecule has 3 rings (SSSR count). The summed E-state index contributed by atoms with van der Waals surface area (Å²) in [5, 5.41) is 15.7. The van der Waals surface area contributed by atoms with E-state index in [-0.39, 0.29) is 30.3 Å². The minimum Gasteiger partial charge on any atom is -0.461 e. The van der Waals surface area contributed by atoms with Gasteiger partial charge in [-0.2, -0.15) is 0 Å². The van der Waals surface area contributed by atoms with E-state index in [0.29, 0.717) is 25.9 Å². The molecule has 130 valence electrons. The maximum atomic E-state index is 11.9. The summed E-state index contributed by atoms with van der Waals surface area (Å²) in [6, 6.07) is 13.7. The van der Waals surface area contributed by atoms with Crippen molar-refractivity contribution in [3.05, 3.63) is 48.2 Å². The molecule has 1 amide bonds. The zero-order chi connectivity index (χ0) is 16.1. The minimum atomic E-state index is -0.367. The van der Waals surface area contributed by atoms with Gasteiger partial charge >= 0.3 is 0 Å². The van der Waals surface area contributed by atoms with E-state index in [1.807, 2.05) is 42.5 Å². The van der Waals surface area contributed by atoms with E-state index in [1.54, 1.807) is 0 Å². The van der Waals surface area contributed by atoms with Crippen LogP contribution in [-0.4, -0.2) is 36.8 Å². The van der Waals surface area contributed by atoms with Crippen LogP contribution in [0.5, 0.6) is 0 Å². The Kier molecular flexibility index (Phi) is 6.85. The van der Waals surface area contributed by atoms with Crippen LogP contribution in [0.4, 0.5) is 0 Å². The molecule has 0 spiro atoms. The smallest absolute Gasteiger partial charge is 0.220 e. The first-order valence-electron chi connectivity index (χ1n) is 8.02. The summed E-state index contributed by atoms with van der Waals surface area (Å²) >= 11 is 0. The van der Waals surface area contributed by atoms with Crippen LogP contribution in [0.2, 0.25) is 0 Å². The van der Waals surface area contributed by atoms with Gasteiger partial charge in [0.25, 0.3) is 0 Å². The number of rotatable bonds is 6. The molecule has 0 aliphatic carbocycles. The molecule has 5 nitrogen and oxygen atoms in total. The number of aryl methyl sites for hydroxylation is 1. The Balaban J connectivity index is 0.00000208. The highest BCUT2D eigenvalue weighted by Gasteiger charge is 2.24. The number of benzene rings is 1. The predicted molar refractivity (Wildman–Crippen MR) is 95.1 cm³/mol. The van der Waals surface area contributed by atoms with Crippen molar-refractivity contribution in [2.75, 3.05) is 19.6 Å². The number of aliphatic hydroxyl groups is 1. The van der Waals surface area contributed by atoms with Crippen molar-refractivity contribution in [1.29, 1.82) is 0 Å². The van der Waals surface area contributed by atoms with E-state index >= 15 is 0 Å². The van der Waals surface area contributed by atoms with E-state index in [4.69, 9.17) is 4.42 Å². The Morgan fingerprint density at radius 1 is 1.21 bits per heavy atom. The van der Waals surface area contributed by atoms with Crippen LogP contribution in [0.3, 0.4) is 0 Å². The summed E-state index contributed by atoms with van der Waals surface area (Å²) in [6.07, 6.45) is 0.594. The van der Waals surface area contributed by atoms with Crippen LogP contribution >= 0.6 is 12.4 Å². The highest BCUT2D eigenvalue weighted by atomic mass is 35.5. The van der Waals surface area contributed by atoms with Crippen molar-refractivity contribution in [3.63, 3.8) is 0 Å². The fourth-order valence-corrected chi connectivity index (χ4v) is 2.77. The van der Waals surface area contributed by atoms with E-state index < -0.39 is 0 Å². The van der Waals surface area contributed by atoms with Crippen LogP contribution in [0.25, 0.3) is 11.3 Å². The summed E-state index contributed by atoms with van der Waals surface area (Å²) in [5.41, 5.74) is 1.03. The lowest BCUT2D eigenvalue weighted by Gasteiger charge is -2.13. The van der Waals surface area contributed by atoms with Gasteiger partial charge in [-0.3, -0.25) is 4.79 Å². The van der Waals surface area contributed by atoms with E-state index in [9.17, 15) is 9.90 Å². The highest BCUT2D eigenvalue weighted by molar-refractivity contribution is 5.85. The summed E-state index contributed by atoms with van der Waals surface area (Å²) in [6.45, 7) is 1.87. The number of nitrogens with one attached hydrogen (secondary N) is 2. The van der Waals surface area contributed by atoms with Gasteiger partial charge in [-0.15, -0.1) is 12.4 Å². The Hall–Kier alpha value is -1.82. The summed E-state index contributed by atoms with van der Waals surface area (Å²) < 4.78 is 5.79. The van der Waals surface area contributed by atoms with Gasteiger partial charge in [0.2, 0.25) is 5.91 Å². The van der Waals surface area contributed by atoms with Crippen molar-refractivity contribution < 1.29 is 14.3 Å². The average molecular weight is 351 g/mol. The molecular formula is C18H23ClN2O3. The lowest BCUT2D eigenvalue weighted by atomic mass is 10.1. The molecule has 6 heteroatoms. The fourth-order valence-electron chi connectivity index (χ4n) is 2.77. The molecule has 24 heavy (non-hydrogen) atoms. The third-order valence-corrected chi connectivity index (χ3v) is 4.18. The van der Waals surface area contributed by atoms with Crippen LogP contribution in [0.15, 0.2) is 46.9 Å². The fraction of sp³-hybridized carbons (Fsp3) is 0.389. The zero-order valence-corrected chi connectivity index (χ0v) is 14.2. The lowest BCUT2D eigenvalue weighted by molar-refractivity contribution is -0.121. The molecule has 1 aromatic heterocycles. The number of β-amino-alcohol motifs (C(OH)–C–C–N with tert-alkyl or cyclic N) is 1. The van der Waals surface area contributed by atoms with Gasteiger partial charge in [0.1, 0.15) is 11.5 Å². The largest absolute Gasteiger partial charge is 0.461 e. The van der Waals surface area contributed by atoms with Gasteiger partial charge in [0, 0.05) is 44.0 Å². The van der Waals surface area contributed by atoms with Crippen LogP contribution in [0.1, 0.15) is 12.2 Å². The maximum Gasteiger partial charge on any atom is 0.220 e. The van der Waals surface area contributed by atoms with Crippen molar-refractivity contribution in [3.8, 4) is 11.3 Å². The van der Waals surface area contributed by atoms with Crippen LogP contribution in [-0.2, 0) is 11.2 Å². The molecule has 1 fully saturated rings. The SMILES string of the molecule is Cl.O=C(CCc1ccc(-c2ccccc2)o1)NCC1CNCC1O. The summed E-state index contributed by atoms with van der Waals surface area (Å²) in [4.78, 5) is 11.9. The van der Waals surface area contributed by atoms with Gasteiger partial charge in [0.05, 0.1) is 6.10 Å². The number of furan rings is 1. The van der Waals surface area contributed by atoms with E-state index in [2.05, 4.69) is 10.6 Å². The van der Waals surface area contributed by atoms with Crippen molar-refractivity contribution in [2.24, 2.45) is 5.92 Å². The highest BCUT2D eigenvalue weighted by Crippen LogP contribution is 2.22. The molecule has 1 saturated heterocycles. The number of amides is 1. The molecular weight excluding hydrogens is 328 g/mol. The van der Waals surface area contributed by atoms with Gasteiger partial charge in [-0.25, -0.2) is 0 Å². The maximum absolute atomic E-state index is 11.9. The monoisotopic (exact) mass is 350 g/mol. The lowest BCUT2D eigenvalue weighted by Crippen LogP contribution is -2.34. The second-order valence-electron chi connectivity index (χ2n) is 5.92. The number of carbonyl (C=O) groups excluding carboxylic acids is 1. The molecule has 1 aromatic carbocycles. The van der Waals surface area contributed by atoms with Gasteiger partial charge < -0.3 is 20.2 Å². The van der Waals surface area contributed by atoms with Crippen LogP contribution in [0, 0.1) is 5.92 Å². The molecule has 0 saturated carbocycles. The first-order valence-corrected chi connectivity index (χ1v) is 8.02.